The van der Waals surface area contributed by atoms with Crippen LogP contribution in [-0.2, 0) is 0 Å². The second-order valence-electron chi connectivity index (χ2n) is 2.87. The fraction of sp³-hybridized carbons (Fsp3) is 1.00. The zero-order chi connectivity index (χ0) is 7.66. The monoisotopic (exact) mass is 178 g/mol. The Kier molecular flexibility index (Phi) is 16.2. The zero-order valence-corrected chi connectivity index (χ0v) is 8.58. The molecule has 0 aliphatic heterocycles. The molecule has 0 aromatic carbocycles. The van der Waals surface area contributed by atoms with E-state index in [0.29, 0.717) is 0 Å². The molecule has 0 aliphatic carbocycles. The van der Waals surface area contributed by atoms with Gasteiger partial charge in [0.05, 0.1) is 0 Å². The van der Waals surface area contributed by atoms with Crippen LogP contribution >= 0.6 is 0 Å². The van der Waals surface area contributed by atoms with Crippen molar-refractivity contribution in [3.63, 3.8) is 0 Å². The van der Waals surface area contributed by atoms with Gasteiger partial charge in [0.1, 0.15) is 0 Å². The first kappa shape index (κ1) is 13.8. The van der Waals surface area contributed by atoms with Crippen molar-refractivity contribution in [1.82, 2.24) is 5.32 Å². The van der Waals surface area contributed by atoms with Crippen LogP contribution in [0.3, 0.4) is 0 Å². The fourth-order valence-electron chi connectivity index (χ4n) is 1.08. The van der Waals surface area contributed by atoms with Crippen LogP contribution in [0.1, 0.15) is 45.4 Å². The molecule has 0 atom stereocenters. The molecule has 0 saturated carbocycles. The van der Waals surface area contributed by atoms with Gasteiger partial charge in [0.15, 0.2) is 0 Å². The molecule has 0 spiro atoms. The first-order chi connectivity index (χ1) is 4.91. The van der Waals surface area contributed by atoms with Gasteiger partial charge in [-0.1, -0.05) is 39.0 Å². The van der Waals surface area contributed by atoms with Gasteiger partial charge in [-0.15, -0.1) is 0 Å². The summed E-state index contributed by atoms with van der Waals surface area (Å²) in [6, 6.07) is 0. The average Bonchev–Trinajstić information content (AvgIpc) is 1.97. The van der Waals surface area contributed by atoms with Crippen LogP contribution in [0.4, 0.5) is 0 Å². The molecule has 0 amide bonds. The van der Waals surface area contributed by atoms with Crippen LogP contribution < -0.4 is 17.7 Å². The molecule has 0 heterocycles. The Balaban J connectivity index is 0. The second-order valence-corrected chi connectivity index (χ2v) is 2.87. The van der Waals surface area contributed by atoms with Crippen molar-refractivity contribution in [1.29, 1.82) is 0 Å². The molecule has 0 bridgehead atoms. The number of hydrogen-bond acceptors (Lipinski definition) is 1. The van der Waals surface area contributed by atoms with E-state index >= 15 is 0 Å². The molecule has 0 aliphatic rings. The molecular weight excluding hydrogens is 158 g/mol. The summed E-state index contributed by atoms with van der Waals surface area (Å²) >= 11 is 0. The van der Waals surface area contributed by atoms with Gasteiger partial charge in [0, 0.05) is 0 Å². The Morgan fingerprint density at radius 2 is 1.45 bits per heavy atom. The first-order valence-corrected chi connectivity index (χ1v) is 4.56. The smallest absolute Gasteiger partial charge is 0.00519 e. The Bertz CT molecular complexity index is 49.5. The van der Waals surface area contributed by atoms with Crippen molar-refractivity contribution < 1.29 is 12.4 Å². The molecule has 0 fully saturated rings. The summed E-state index contributed by atoms with van der Waals surface area (Å²) in [6.07, 6.45) is 8.38. The summed E-state index contributed by atoms with van der Waals surface area (Å²) in [4.78, 5) is 0. The van der Waals surface area contributed by atoms with Gasteiger partial charge < -0.3 is 17.7 Å². The predicted molar refractivity (Wildman–Crippen MR) is 47.3 cm³/mol. The average molecular weight is 179 g/mol. The van der Waals surface area contributed by atoms with E-state index in [0.717, 1.165) is 0 Å². The third-order valence-electron chi connectivity index (χ3n) is 1.78. The minimum Gasteiger partial charge on any atom is -1.00 e. The van der Waals surface area contributed by atoms with Crippen LogP contribution in [0.25, 0.3) is 0 Å². The van der Waals surface area contributed by atoms with Crippen LogP contribution in [-0.4, -0.2) is 13.6 Å². The fourth-order valence-corrected chi connectivity index (χ4v) is 1.08. The molecule has 2 heteroatoms. The zero-order valence-electron chi connectivity index (χ0n) is 7.83. The summed E-state index contributed by atoms with van der Waals surface area (Å²) in [7, 11) is 2.02. The van der Waals surface area contributed by atoms with Gasteiger partial charge in [0.2, 0.25) is 0 Å². The number of hydrogen-bond donors (Lipinski definition) is 1. The lowest BCUT2D eigenvalue weighted by Crippen LogP contribution is -3.00. The van der Waals surface area contributed by atoms with Gasteiger partial charge in [-0.2, -0.15) is 0 Å². The number of rotatable bonds is 7. The van der Waals surface area contributed by atoms with Crippen molar-refractivity contribution in [2.45, 2.75) is 45.4 Å². The summed E-state index contributed by atoms with van der Waals surface area (Å²) in [5.41, 5.74) is 0. The lowest BCUT2D eigenvalue weighted by atomic mass is 10.1. The minimum atomic E-state index is 0. The maximum Gasteiger partial charge on any atom is -0.00519 e. The van der Waals surface area contributed by atoms with Crippen molar-refractivity contribution in [3.8, 4) is 0 Å². The Morgan fingerprint density at radius 3 is 2.00 bits per heavy atom. The summed E-state index contributed by atoms with van der Waals surface area (Å²) in [5, 5.41) is 3.16. The quantitative estimate of drug-likeness (QED) is 0.522. The highest BCUT2D eigenvalue weighted by Gasteiger charge is 1.87. The van der Waals surface area contributed by atoms with E-state index in [-0.39, 0.29) is 12.4 Å². The number of halogens is 1. The standard InChI is InChI=1S/C9H21N.ClH/c1-3-4-5-6-7-8-9-10-2;/h10H,3-9H2,1-2H3;1H/p-1. The van der Waals surface area contributed by atoms with Crippen LogP contribution in [0.15, 0.2) is 0 Å². The number of unbranched alkanes of at least 4 members (excludes halogenated alkanes) is 5. The highest BCUT2D eigenvalue weighted by Crippen LogP contribution is 2.03. The van der Waals surface area contributed by atoms with E-state index in [1.54, 1.807) is 0 Å². The largest absolute Gasteiger partial charge is 1.00 e. The van der Waals surface area contributed by atoms with Crippen molar-refractivity contribution in [2.24, 2.45) is 0 Å². The SMILES string of the molecule is CCCCCCCCNC.[Cl-]. The highest BCUT2D eigenvalue weighted by atomic mass is 35.5. The van der Waals surface area contributed by atoms with Crippen molar-refractivity contribution >= 4 is 0 Å². The normalized spacial score (nSPS) is 9.27. The molecule has 0 unspecified atom stereocenters. The molecule has 0 saturated heterocycles. The Labute approximate surface area is 77.4 Å². The van der Waals surface area contributed by atoms with Crippen LogP contribution in [0, 0.1) is 0 Å². The maximum atomic E-state index is 3.16. The van der Waals surface area contributed by atoms with E-state index in [2.05, 4.69) is 12.2 Å². The van der Waals surface area contributed by atoms with Crippen molar-refractivity contribution in [2.75, 3.05) is 13.6 Å². The summed E-state index contributed by atoms with van der Waals surface area (Å²) in [5.74, 6) is 0. The minimum absolute atomic E-state index is 0. The molecule has 0 aromatic rings. The molecular formula is C9H21ClN-. The Hall–Kier alpha value is 0.250. The van der Waals surface area contributed by atoms with Gasteiger partial charge >= 0.3 is 0 Å². The second kappa shape index (κ2) is 12.9. The highest BCUT2D eigenvalue weighted by molar-refractivity contribution is 4.45. The predicted octanol–water partition coefficient (Wildman–Crippen LogP) is -0.430. The summed E-state index contributed by atoms with van der Waals surface area (Å²) in [6.45, 7) is 3.44. The van der Waals surface area contributed by atoms with E-state index in [4.69, 9.17) is 0 Å². The van der Waals surface area contributed by atoms with Crippen molar-refractivity contribution in [3.05, 3.63) is 0 Å². The third kappa shape index (κ3) is 13.3. The molecule has 11 heavy (non-hydrogen) atoms. The molecule has 1 N–H and O–H groups in total. The van der Waals surface area contributed by atoms with E-state index in [9.17, 15) is 0 Å². The maximum absolute atomic E-state index is 3.16. The van der Waals surface area contributed by atoms with Gasteiger partial charge in [-0.05, 0) is 20.0 Å². The van der Waals surface area contributed by atoms with E-state index < -0.39 is 0 Å². The topological polar surface area (TPSA) is 12.0 Å². The lowest BCUT2D eigenvalue weighted by Gasteiger charge is -1.98. The van der Waals surface area contributed by atoms with Crippen LogP contribution in [0.2, 0.25) is 0 Å². The molecule has 0 rings (SSSR count). The molecule has 0 aromatic heterocycles. The van der Waals surface area contributed by atoms with E-state index in [1.807, 2.05) is 7.05 Å². The first-order valence-electron chi connectivity index (χ1n) is 4.56. The summed E-state index contributed by atoms with van der Waals surface area (Å²) < 4.78 is 0. The van der Waals surface area contributed by atoms with Gasteiger partial charge in [-0.3, -0.25) is 0 Å². The van der Waals surface area contributed by atoms with Crippen LogP contribution in [0.5, 0.6) is 0 Å². The molecule has 0 radical (unpaired) electrons. The van der Waals surface area contributed by atoms with Gasteiger partial charge in [0.25, 0.3) is 0 Å². The lowest BCUT2D eigenvalue weighted by molar-refractivity contribution is -0.00000234. The van der Waals surface area contributed by atoms with E-state index in [1.165, 1.54) is 45.1 Å². The third-order valence-corrected chi connectivity index (χ3v) is 1.78. The Morgan fingerprint density at radius 1 is 0.909 bits per heavy atom. The molecule has 1 nitrogen and oxygen atoms in total. The van der Waals surface area contributed by atoms with Gasteiger partial charge in [-0.25, -0.2) is 0 Å². The number of nitrogens with one attached hydrogen (secondary N) is 1. The molecule has 70 valence electrons.